The van der Waals surface area contributed by atoms with Gasteiger partial charge in [-0.15, -0.1) is 0 Å². The van der Waals surface area contributed by atoms with Crippen LogP contribution in [0.4, 0.5) is 0 Å². The lowest BCUT2D eigenvalue weighted by Gasteiger charge is -2.45. The summed E-state index contributed by atoms with van der Waals surface area (Å²) in [5.41, 5.74) is 9.26. The third kappa shape index (κ3) is 11.2. The zero-order valence-corrected chi connectivity index (χ0v) is 34.8. The van der Waals surface area contributed by atoms with E-state index >= 15 is 0 Å². The lowest BCUT2D eigenvalue weighted by atomic mass is 9.67. The Labute approximate surface area is 332 Å². The Balaban J connectivity index is 0.000000211. The fraction of sp³-hybridized carbons (Fsp3) is 0.702. The minimum atomic E-state index is -0.359. The van der Waals surface area contributed by atoms with Crippen LogP contribution < -0.4 is 5.73 Å². The maximum absolute atomic E-state index is 11.9. The highest BCUT2D eigenvalue weighted by atomic mass is 16.5. The lowest BCUT2D eigenvalue weighted by molar-refractivity contribution is 0.0500. The molecule has 6 rings (SSSR count). The van der Waals surface area contributed by atoms with Crippen LogP contribution in [-0.4, -0.2) is 90.5 Å². The van der Waals surface area contributed by atoms with Crippen molar-refractivity contribution in [1.82, 2.24) is 9.80 Å². The van der Waals surface area contributed by atoms with Gasteiger partial charge in [0, 0.05) is 31.7 Å². The second-order valence-corrected chi connectivity index (χ2v) is 18.3. The number of carbonyl (C=O) groups is 2. The van der Waals surface area contributed by atoms with Crippen molar-refractivity contribution in [2.45, 2.75) is 141 Å². The number of aliphatic hydroxyl groups is 2. The fourth-order valence-electron chi connectivity index (χ4n) is 10.2. The third-order valence-corrected chi connectivity index (χ3v) is 14.8. The number of ether oxygens (including phenoxy) is 1. The molecule has 2 aliphatic heterocycles. The van der Waals surface area contributed by atoms with E-state index in [4.69, 9.17) is 10.5 Å². The number of nitrogens with two attached hydrogens (primary N) is 1. The molecule has 4 N–H and O–H groups in total. The van der Waals surface area contributed by atoms with E-state index < -0.39 is 0 Å². The smallest absolute Gasteiger partial charge is 0.337 e. The van der Waals surface area contributed by atoms with E-state index in [9.17, 15) is 19.8 Å². The normalized spacial score (nSPS) is 28.4. The molecule has 0 bridgehead atoms. The molecular weight excluding hydrogens is 687 g/mol. The van der Waals surface area contributed by atoms with E-state index in [0.717, 1.165) is 65.0 Å². The maximum Gasteiger partial charge on any atom is 0.337 e. The second-order valence-electron chi connectivity index (χ2n) is 18.3. The highest BCUT2D eigenvalue weighted by Crippen LogP contribution is 2.41. The lowest BCUT2D eigenvalue weighted by Crippen LogP contribution is -2.48. The molecule has 4 fully saturated rings. The number of nitrogens with zero attached hydrogens (tertiary/aromatic N) is 2. The Hall–Kier alpha value is -2.78. The summed E-state index contributed by atoms with van der Waals surface area (Å²) in [6, 6.07) is 15.8. The van der Waals surface area contributed by atoms with Gasteiger partial charge in [0.1, 0.15) is 0 Å². The molecule has 1 amide bonds. The van der Waals surface area contributed by atoms with E-state index in [1.165, 1.54) is 82.4 Å². The molecule has 2 aliphatic carbocycles. The minimum absolute atomic E-state index is 0.0581. The van der Waals surface area contributed by atoms with Crippen LogP contribution >= 0.6 is 0 Å². The summed E-state index contributed by atoms with van der Waals surface area (Å²) in [7, 11) is 1.43. The Kier molecular flexibility index (Phi) is 15.8. The van der Waals surface area contributed by atoms with Gasteiger partial charge in [-0.25, -0.2) is 4.79 Å². The van der Waals surface area contributed by atoms with Gasteiger partial charge in [0.15, 0.2) is 0 Å². The van der Waals surface area contributed by atoms with E-state index in [-0.39, 0.29) is 34.9 Å². The zero-order chi connectivity index (χ0) is 39.6. The number of esters is 1. The Morgan fingerprint density at radius 2 is 1.15 bits per heavy atom. The summed E-state index contributed by atoms with van der Waals surface area (Å²) < 4.78 is 4.89. The van der Waals surface area contributed by atoms with Crippen LogP contribution in [0.5, 0.6) is 0 Å². The highest BCUT2D eigenvalue weighted by molar-refractivity contribution is 5.93. The van der Waals surface area contributed by atoms with Crippen molar-refractivity contribution in [2.75, 3.05) is 46.4 Å². The second kappa shape index (κ2) is 20.1. The van der Waals surface area contributed by atoms with Crippen LogP contribution in [0.3, 0.4) is 0 Å². The summed E-state index contributed by atoms with van der Waals surface area (Å²) in [6.45, 7) is 15.4. The number of hydrogen-bond acceptors (Lipinski definition) is 7. The van der Waals surface area contributed by atoms with Crippen LogP contribution in [0.25, 0.3) is 0 Å². The van der Waals surface area contributed by atoms with E-state index in [0.29, 0.717) is 34.8 Å². The summed E-state index contributed by atoms with van der Waals surface area (Å²) >= 11 is 0. The monoisotopic (exact) mass is 760 g/mol. The Morgan fingerprint density at radius 1 is 0.727 bits per heavy atom. The largest absolute Gasteiger partial charge is 0.465 e. The summed E-state index contributed by atoms with van der Waals surface area (Å²) in [5, 5.41) is 21.1. The number of piperidine rings is 2. The number of rotatable bonds is 12. The molecule has 2 heterocycles. The molecule has 6 atom stereocenters. The number of primary amides is 1. The van der Waals surface area contributed by atoms with E-state index in [2.05, 4.69) is 49.6 Å². The first-order chi connectivity index (χ1) is 26.3. The number of benzene rings is 2. The van der Waals surface area contributed by atoms with Crippen molar-refractivity contribution in [1.29, 1.82) is 0 Å². The fourth-order valence-corrected chi connectivity index (χ4v) is 10.2. The molecule has 2 aromatic carbocycles. The molecule has 2 saturated carbocycles. The first-order valence-corrected chi connectivity index (χ1v) is 21.7. The van der Waals surface area contributed by atoms with Crippen LogP contribution in [-0.2, 0) is 15.6 Å². The molecule has 0 spiro atoms. The number of hydrogen-bond donors (Lipinski definition) is 3. The predicted octanol–water partition coefficient (Wildman–Crippen LogP) is 8.12. The minimum Gasteiger partial charge on any atom is -0.465 e. The molecule has 4 aliphatic rings. The maximum atomic E-state index is 11.9. The summed E-state index contributed by atoms with van der Waals surface area (Å²) in [6.07, 6.45) is 16.3. The van der Waals surface area contributed by atoms with Gasteiger partial charge in [0.2, 0.25) is 5.91 Å². The van der Waals surface area contributed by atoms with Gasteiger partial charge in [-0.05, 0) is 134 Å². The molecule has 0 unspecified atom stereocenters. The first kappa shape index (κ1) is 43.3. The van der Waals surface area contributed by atoms with Gasteiger partial charge in [0.25, 0.3) is 0 Å². The van der Waals surface area contributed by atoms with Crippen molar-refractivity contribution in [3.8, 4) is 0 Å². The van der Waals surface area contributed by atoms with Crippen LogP contribution in [0.2, 0.25) is 0 Å². The summed E-state index contributed by atoms with van der Waals surface area (Å²) in [5.74, 6) is 1.38. The first-order valence-electron chi connectivity index (χ1n) is 21.7. The molecule has 8 heteroatoms. The van der Waals surface area contributed by atoms with Gasteiger partial charge in [-0.2, -0.15) is 0 Å². The van der Waals surface area contributed by atoms with Crippen molar-refractivity contribution >= 4 is 11.9 Å². The van der Waals surface area contributed by atoms with E-state index in [1.54, 1.807) is 6.07 Å². The summed E-state index contributed by atoms with van der Waals surface area (Å²) in [4.78, 5) is 28.5. The van der Waals surface area contributed by atoms with Gasteiger partial charge >= 0.3 is 5.97 Å². The third-order valence-electron chi connectivity index (χ3n) is 14.8. The number of aliphatic hydroxyl groups excluding tert-OH is 2. The van der Waals surface area contributed by atoms with Crippen LogP contribution in [0, 0.1) is 23.7 Å². The molecule has 8 nitrogen and oxygen atoms in total. The molecule has 0 aromatic heterocycles. The SMILES string of the molecule is COC(=O)c1cccc([C@]2(C)CCN(CC[C@@H](O)C3CCCCC3)C[C@@H]2C)c1.C[C@H]1CN(CC[C@@H](O)C2CCCCC2)CC[C@@]1(C)c1cccc(C(N)=O)c1. The van der Waals surface area contributed by atoms with Gasteiger partial charge in [-0.3, -0.25) is 4.79 Å². The number of amides is 1. The van der Waals surface area contributed by atoms with Gasteiger partial charge in [-0.1, -0.05) is 90.5 Å². The molecular formula is C47H73N3O5. The average Bonchev–Trinajstić information content (AvgIpc) is 3.22. The van der Waals surface area contributed by atoms with Crippen LogP contribution in [0.15, 0.2) is 48.5 Å². The van der Waals surface area contributed by atoms with Gasteiger partial charge in [0.05, 0.1) is 24.9 Å². The van der Waals surface area contributed by atoms with Gasteiger partial charge < -0.3 is 30.5 Å². The predicted molar refractivity (Wildman–Crippen MR) is 222 cm³/mol. The van der Waals surface area contributed by atoms with Crippen molar-refractivity contribution in [3.63, 3.8) is 0 Å². The molecule has 306 valence electrons. The zero-order valence-electron chi connectivity index (χ0n) is 34.8. The van der Waals surface area contributed by atoms with Crippen molar-refractivity contribution in [2.24, 2.45) is 29.4 Å². The number of carbonyl (C=O) groups excluding carboxylic acids is 2. The highest BCUT2D eigenvalue weighted by Gasteiger charge is 2.40. The van der Waals surface area contributed by atoms with Crippen molar-refractivity contribution in [3.05, 3.63) is 70.8 Å². The number of methoxy groups -OCH3 is 1. The molecule has 2 saturated heterocycles. The standard InChI is InChI=1S/C24H37NO3.C23H36N2O2/c1-18-17-25(14-12-22(26)19-8-5-4-6-9-19)15-13-24(18,2)21-11-7-10-20(16-21)23(27)28-3;1-17-16-25(13-11-21(26)18-7-4-3-5-8-18)14-12-23(17,2)20-10-6-9-19(15-20)22(24)27/h7,10-11,16,18-19,22,26H,4-6,8-9,12-15,17H2,1-3H3;6,9-10,15,17-18,21,26H,3-5,7-8,11-14,16H2,1-2H3,(H2,24,27)/t18-,22+,24+;17-,21+,23+/m00/s1. The molecule has 0 radical (unpaired) electrons. The topological polar surface area (TPSA) is 116 Å². The quantitative estimate of drug-likeness (QED) is 0.187. The Bertz CT molecular complexity index is 1520. The average molecular weight is 760 g/mol. The Morgan fingerprint density at radius 3 is 1.55 bits per heavy atom. The van der Waals surface area contributed by atoms with Crippen molar-refractivity contribution < 1.29 is 24.5 Å². The molecule has 2 aromatic rings. The molecule has 55 heavy (non-hydrogen) atoms. The number of likely N-dealkylation sites (tertiary alicyclic amines) is 2. The van der Waals surface area contributed by atoms with Crippen LogP contribution in [0.1, 0.15) is 149 Å². The van der Waals surface area contributed by atoms with E-state index in [1.807, 2.05) is 30.3 Å².